The Hall–Kier alpha value is -2.88. The lowest BCUT2D eigenvalue weighted by Gasteiger charge is -2.16. The van der Waals surface area contributed by atoms with Crippen molar-refractivity contribution in [2.45, 2.75) is 20.8 Å². The Morgan fingerprint density at radius 1 is 1.04 bits per heavy atom. The average Bonchev–Trinajstić information content (AvgIpc) is 2.58. The second kappa shape index (κ2) is 8.29. The molecule has 0 saturated heterocycles. The molecule has 4 heteroatoms. The maximum atomic E-state index is 12.2. The van der Waals surface area contributed by atoms with Crippen LogP contribution in [0.5, 0.6) is 0 Å². The van der Waals surface area contributed by atoms with E-state index in [9.17, 15) is 9.59 Å². The van der Waals surface area contributed by atoms with E-state index in [-0.39, 0.29) is 18.4 Å². The van der Waals surface area contributed by atoms with Gasteiger partial charge in [-0.3, -0.25) is 9.59 Å². The predicted octanol–water partition coefficient (Wildman–Crippen LogP) is 3.72. The van der Waals surface area contributed by atoms with Gasteiger partial charge in [0.15, 0.2) is 0 Å². The Morgan fingerprint density at radius 2 is 1.72 bits per heavy atom. The third-order valence-electron chi connectivity index (χ3n) is 4.13. The largest absolute Gasteiger partial charge is 0.333 e. The standard InChI is InChI=1S/C21H24N2O2/c1-15-8-10-18(11-9-15)12-13-21(25)23(4)14-20(24)22-19-7-5-6-16(2)17(19)3/h5-13H,14H2,1-4H3,(H,22,24)/b13-12+. The van der Waals surface area contributed by atoms with E-state index < -0.39 is 0 Å². The van der Waals surface area contributed by atoms with Crippen LogP contribution >= 0.6 is 0 Å². The molecular weight excluding hydrogens is 312 g/mol. The third-order valence-corrected chi connectivity index (χ3v) is 4.13. The highest BCUT2D eigenvalue weighted by atomic mass is 16.2. The monoisotopic (exact) mass is 336 g/mol. The molecule has 0 aliphatic rings. The van der Waals surface area contributed by atoms with E-state index in [2.05, 4.69) is 5.32 Å². The van der Waals surface area contributed by atoms with Gasteiger partial charge in [-0.15, -0.1) is 0 Å². The van der Waals surface area contributed by atoms with Crippen LogP contribution in [0, 0.1) is 20.8 Å². The SMILES string of the molecule is Cc1ccc(/C=C/C(=O)N(C)CC(=O)Nc2cccc(C)c2C)cc1. The van der Waals surface area contributed by atoms with Crippen LogP contribution in [0.4, 0.5) is 5.69 Å². The molecule has 0 fully saturated rings. The van der Waals surface area contributed by atoms with Gasteiger partial charge in [-0.25, -0.2) is 0 Å². The molecule has 0 saturated carbocycles. The van der Waals surface area contributed by atoms with Gasteiger partial charge in [0.2, 0.25) is 11.8 Å². The number of benzene rings is 2. The van der Waals surface area contributed by atoms with Crippen molar-refractivity contribution in [1.29, 1.82) is 0 Å². The van der Waals surface area contributed by atoms with Crippen molar-refractivity contribution >= 4 is 23.6 Å². The lowest BCUT2D eigenvalue weighted by molar-refractivity contribution is -0.129. The van der Waals surface area contributed by atoms with E-state index in [0.29, 0.717) is 0 Å². The first-order valence-electron chi connectivity index (χ1n) is 8.22. The highest BCUT2D eigenvalue weighted by Gasteiger charge is 2.12. The molecule has 0 bridgehead atoms. The number of hydrogen-bond donors (Lipinski definition) is 1. The van der Waals surface area contributed by atoms with E-state index in [0.717, 1.165) is 22.4 Å². The fraction of sp³-hybridized carbons (Fsp3) is 0.238. The fourth-order valence-corrected chi connectivity index (χ4v) is 2.34. The zero-order valence-corrected chi connectivity index (χ0v) is 15.2. The van der Waals surface area contributed by atoms with E-state index in [1.54, 1.807) is 13.1 Å². The molecule has 2 amide bonds. The zero-order chi connectivity index (χ0) is 18.4. The molecule has 2 aromatic carbocycles. The zero-order valence-electron chi connectivity index (χ0n) is 15.2. The Labute approximate surface area is 149 Å². The van der Waals surface area contributed by atoms with E-state index in [1.165, 1.54) is 16.5 Å². The number of nitrogens with zero attached hydrogens (tertiary/aromatic N) is 1. The summed E-state index contributed by atoms with van der Waals surface area (Å²) in [5.74, 6) is -0.426. The van der Waals surface area contributed by atoms with Gasteiger partial charge in [0, 0.05) is 18.8 Å². The predicted molar refractivity (Wildman–Crippen MR) is 102 cm³/mol. The molecule has 0 aliphatic heterocycles. The summed E-state index contributed by atoms with van der Waals surface area (Å²) in [6, 6.07) is 13.6. The first kappa shape index (κ1) is 18.5. The first-order valence-corrected chi connectivity index (χ1v) is 8.22. The van der Waals surface area contributed by atoms with Crippen LogP contribution in [0.2, 0.25) is 0 Å². The third kappa shape index (κ3) is 5.31. The van der Waals surface area contributed by atoms with Gasteiger partial charge in [0.1, 0.15) is 0 Å². The first-order chi connectivity index (χ1) is 11.9. The molecule has 0 aromatic heterocycles. The minimum absolute atomic E-state index is 0.00442. The number of likely N-dealkylation sites (N-methyl/N-ethyl adjacent to an activating group) is 1. The highest BCUT2D eigenvalue weighted by Crippen LogP contribution is 2.17. The second-order valence-electron chi connectivity index (χ2n) is 6.23. The van der Waals surface area contributed by atoms with Crippen LogP contribution in [-0.4, -0.2) is 30.3 Å². The Morgan fingerprint density at radius 3 is 2.40 bits per heavy atom. The maximum absolute atomic E-state index is 12.2. The molecule has 0 heterocycles. The topological polar surface area (TPSA) is 49.4 Å². The van der Waals surface area contributed by atoms with Crippen LogP contribution in [0.15, 0.2) is 48.5 Å². The molecule has 130 valence electrons. The number of carbonyl (C=O) groups excluding carboxylic acids is 2. The number of amides is 2. The van der Waals surface area contributed by atoms with Crippen LogP contribution in [0.1, 0.15) is 22.3 Å². The number of rotatable bonds is 5. The van der Waals surface area contributed by atoms with Crippen LogP contribution in [-0.2, 0) is 9.59 Å². The van der Waals surface area contributed by atoms with Crippen molar-refractivity contribution in [2.24, 2.45) is 0 Å². The van der Waals surface area contributed by atoms with E-state index in [1.807, 2.05) is 63.2 Å². The van der Waals surface area contributed by atoms with Gasteiger partial charge in [-0.1, -0.05) is 42.0 Å². The van der Waals surface area contributed by atoms with Gasteiger partial charge in [-0.2, -0.15) is 0 Å². The second-order valence-corrected chi connectivity index (χ2v) is 6.23. The molecule has 2 rings (SSSR count). The number of aryl methyl sites for hydroxylation is 2. The van der Waals surface area contributed by atoms with Crippen molar-refractivity contribution in [1.82, 2.24) is 4.90 Å². The van der Waals surface area contributed by atoms with Gasteiger partial charge in [0.25, 0.3) is 0 Å². The molecule has 0 aliphatic carbocycles. The van der Waals surface area contributed by atoms with Crippen molar-refractivity contribution in [2.75, 3.05) is 18.9 Å². The van der Waals surface area contributed by atoms with Crippen molar-refractivity contribution in [3.05, 3.63) is 70.8 Å². The number of carbonyl (C=O) groups is 2. The lowest BCUT2D eigenvalue weighted by Crippen LogP contribution is -2.34. The summed E-state index contributed by atoms with van der Waals surface area (Å²) in [4.78, 5) is 25.7. The van der Waals surface area contributed by atoms with Crippen molar-refractivity contribution < 1.29 is 9.59 Å². The Kier molecular flexibility index (Phi) is 6.12. The number of hydrogen-bond acceptors (Lipinski definition) is 2. The van der Waals surface area contributed by atoms with Gasteiger partial charge >= 0.3 is 0 Å². The molecule has 0 radical (unpaired) electrons. The average molecular weight is 336 g/mol. The maximum Gasteiger partial charge on any atom is 0.246 e. The molecule has 25 heavy (non-hydrogen) atoms. The van der Waals surface area contributed by atoms with E-state index in [4.69, 9.17) is 0 Å². The smallest absolute Gasteiger partial charge is 0.246 e. The minimum atomic E-state index is -0.215. The van der Waals surface area contributed by atoms with Crippen LogP contribution < -0.4 is 5.32 Å². The normalized spacial score (nSPS) is 10.7. The molecule has 0 spiro atoms. The van der Waals surface area contributed by atoms with Crippen LogP contribution in [0.3, 0.4) is 0 Å². The summed E-state index contributed by atoms with van der Waals surface area (Å²) in [7, 11) is 1.62. The minimum Gasteiger partial charge on any atom is -0.333 e. The van der Waals surface area contributed by atoms with Gasteiger partial charge in [0.05, 0.1) is 6.54 Å². The molecule has 4 nitrogen and oxygen atoms in total. The highest BCUT2D eigenvalue weighted by molar-refractivity contribution is 5.98. The van der Waals surface area contributed by atoms with Crippen molar-refractivity contribution in [3.8, 4) is 0 Å². The quantitative estimate of drug-likeness (QED) is 0.846. The van der Waals surface area contributed by atoms with Gasteiger partial charge in [-0.05, 0) is 49.6 Å². The molecular formula is C21H24N2O2. The van der Waals surface area contributed by atoms with E-state index >= 15 is 0 Å². The molecule has 2 aromatic rings. The molecule has 0 unspecified atom stereocenters. The fourth-order valence-electron chi connectivity index (χ4n) is 2.34. The summed E-state index contributed by atoms with van der Waals surface area (Å²) in [6.45, 7) is 5.98. The summed E-state index contributed by atoms with van der Waals surface area (Å²) in [5.41, 5.74) is 5.05. The van der Waals surface area contributed by atoms with Crippen LogP contribution in [0.25, 0.3) is 6.08 Å². The summed E-state index contributed by atoms with van der Waals surface area (Å²) < 4.78 is 0. The Balaban J connectivity index is 1.92. The lowest BCUT2D eigenvalue weighted by atomic mass is 10.1. The van der Waals surface area contributed by atoms with Gasteiger partial charge < -0.3 is 10.2 Å². The number of nitrogens with one attached hydrogen (secondary N) is 1. The van der Waals surface area contributed by atoms with Crippen molar-refractivity contribution in [3.63, 3.8) is 0 Å². The molecule has 1 N–H and O–H groups in total. The molecule has 0 atom stereocenters. The Bertz CT molecular complexity index is 792. The summed E-state index contributed by atoms with van der Waals surface area (Å²) in [5, 5.41) is 2.86. The number of anilines is 1. The summed E-state index contributed by atoms with van der Waals surface area (Å²) >= 11 is 0. The summed E-state index contributed by atoms with van der Waals surface area (Å²) in [6.07, 6.45) is 3.23.